The van der Waals surface area contributed by atoms with Crippen molar-refractivity contribution in [1.82, 2.24) is 4.72 Å². The van der Waals surface area contributed by atoms with Gasteiger partial charge in [0.2, 0.25) is 10.0 Å². The first-order valence-electron chi connectivity index (χ1n) is 5.36. The van der Waals surface area contributed by atoms with Crippen LogP contribution in [0.5, 0.6) is 0 Å². The molecular weight excluding hydrogens is 262 g/mol. The molecule has 1 rings (SSSR count). The topological polar surface area (TPSA) is 66.4 Å². The zero-order valence-electron chi connectivity index (χ0n) is 9.39. The van der Waals surface area contributed by atoms with Crippen molar-refractivity contribution in [2.75, 3.05) is 12.4 Å². The maximum Gasteiger partial charge on any atom is 0.211 e. The monoisotopic (exact) mass is 277 g/mol. The summed E-state index contributed by atoms with van der Waals surface area (Å²) in [6.45, 7) is 0.256. The van der Waals surface area contributed by atoms with Crippen molar-refractivity contribution in [3.63, 3.8) is 0 Å². The van der Waals surface area contributed by atoms with Gasteiger partial charge in [-0.1, -0.05) is 23.7 Å². The quantitative estimate of drug-likeness (QED) is 0.743. The van der Waals surface area contributed by atoms with E-state index >= 15 is 0 Å². The van der Waals surface area contributed by atoms with Gasteiger partial charge >= 0.3 is 0 Å². The van der Waals surface area contributed by atoms with Gasteiger partial charge in [0.05, 0.1) is 5.75 Å². The Balaban J connectivity index is 2.44. The van der Waals surface area contributed by atoms with Crippen molar-refractivity contribution in [1.29, 1.82) is 0 Å². The number of aliphatic hydroxyl groups excluding tert-OH is 1. The normalized spacial score (nSPS) is 11.6. The Bertz CT molecular complexity index is 448. The SMILES string of the molecule is O=S(=O)(CCCCO)NCc1cccc(Cl)c1. The Kier molecular flexibility index (Phi) is 5.91. The highest BCUT2D eigenvalue weighted by atomic mass is 35.5. The fraction of sp³-hybridized carbons (Fsp3) is 0.455. The van der Waals surface area contributed by atoms with Crippen molar-refractivity contribution in [2.45, 2.75) is 19.4 Å². The third-order valence-corrected chi connectivity index (χ3v) is 3.85. The summed E-state index contributed by atoms with van der Waals surface area (Å²) in [7, 11) is -3.27. The van der Waals surface area contributed by atoms with Gasteiger partial charge in [0.25, 0.3) is 0 Å². The van der Waals surface area contributed by atoms with Gasteiger partial charge in [-0.15, -0.1) is 0 Å². The highest BCUT2D eigenvalue weighted by Gasteiger charge is 2.09. The Labute approximate surface area is 107 Å². The second kappa shape index (κ2) is 6.96. The van der Waals surface area contributed by atoms with E-state index in [-0.39, 0.29) is 18.9 Å². The second-order valence-corrected chi connectivity index (χ2v) is 6.06. The van der Waals surface area contributed by atoms with E-state index in [9.17, 15) is 8.42 Å². The van der Waals surface area contributed by atoms with Crippen LogP contribution in [-0.4, -0.2) is 25.9 Å². The van der Waals surface area contributed by atoms with Gasteiger partial charge in [0, 0.05) is 18.2 Å². The summed E-state index contributed by atoms with van der Waals surface area (Å²) in [5.41, 5.74) is 0.822. The Hall–Kier alpha value is -0.620. The molecule has 4 nitrogen and oxygen atoms in total. The summed E-state index contributed by atoms with van der Waals surface area (Å²) >= 11 is 5.79. The van der Waals surface area contributed by atoms with Crippen LogP contribution in [0.25, 0.3) is 0 Å². The number of unbranched alkanes of at least 4 members (excludes halogenated alkanes) is 1. The predicted octanol–water partition coefficient (Wildman–Crippen LogP) is 1.53. The lowest BCUT2D eigenvalue weighted by Crippen LogP contribution is -2.26. The molecule has 2 N–H and O–H groups in total. The molecule has 0 unspecified atom stereocenters. The van der Waals surface area contributed by atoms with E-state index < -0.39 is 10.0 Å². The number of halogens is 1. The van der Waals surface area contributed by atoms with Crippen LogP contribution in [0.1, 0.15) is 18.4 Å². The van der Waals surface area contributed by atoms with E-state index in [1.54, 1.807) is 18.2 Å². The predicted molar refractivity (Wildman–Crippen MR) is 68.4 cm³/mol. The molecule has 0 bridgehead atoms. The van der Waals surface area contributed by atoms with Crippen LogP contribution in [-0.2, 0) is 16.6 Å². The molecule has 0 atom stereocenters. The highest BCUT2D eigenvalue weighted by Crippen LogP contribution is 2.10. The Morgan fingerprint density at radius 1 is 1.29 bits per heavy atom. The average molecular weight is 278 g/mol. The third-order valence-electron chi connectivity index (χ3n) is 2.21. The van der Waals surface area contributed by atoms with E-state index in [1.807, 2.05) is 6.07 Å². The van der Waals surface area contributed by atoms with Crippen LogP contribution in [0.15, 0.2) is 24.3 Å². The molecule has 1 aromatic rings. The number of nitrogens with one attached hydrogen (secondary N) is 1. The van der Waals surface area contributed by atoms with Crippen LogP contribution < -0.4 is 4.72 Å². The summed E-state index contributed by atoms with van der Waals surface area (Å²) in [6.07, 6.45) is 0.958. The van der Waals surface area contributed by atoms with Gasteiger partial charge in [0.15, 0.2) is 0 Å². The lowest BCUT2D eigenvalue weighted by molar-refractivity contribution is 0.287. The molecule has 0 aliphatic rings. The summed E-state index contributed by atoms with van der Waals surface area (Å²) in [5, 5.41) is 9.16. The van der Waals surface area contributed by atoms with Crippen LogP contribution in [0.2, 0.25) is 5.02 Å². The Morgan fingerprint density at radius 2 is 2.06 bits per heavy atom. The molecule has 0 radical (unpaired) electrons. The number of hydrogen-bond donors (Lipinski definition) is 2. The van der Waals surface area contributed by atoms with Crippen molar-refractivity contribution in [2.24, 2.45) is 0 Å². The molecule has 0 aliphatic heterocycles. The van der Waals surface area contributed by atoms with Gasteiger partial charge in [0.1, 0.15) is 0 Å². The van der Waals surface area contributed by atoms with Crippen LogP contribution in [0, 0.1) is 0 Å². The molecule has 0 amide bonds. The van der Waals surface area contributed by atoms with Crippen LogP contribution >= 0.6 is 11.6 Å². The van der Waals surface area contributed by atoms with Gasteiger partial charge in [-0.25, -0.2) is 13.1 Å². The van der Waals surface area contributed by atoms with E-state index in [1.165, 1.54) is 0 Å². The molecular formula is C11H16ClNO3S. The molecule has 0 spiro atoms. The standard InChI is InChI=1S/C11H16ClNO3S/c12-11-5-3-4-10(8-11)9-13-17(15,16)7-2-1-6-14/h3-5,8,13-14H,1-2,6-7,9H2. The van der Waals surface area contributed by atoms with Crippen molar-refractivity contribution in [3.8, 4) is 0 Å². The fourth-order valence-corrected chi connectivity index (χ4v) is 2.64. The maximum absolute atomic E-state index is 11.5. The van der Waals surface area contributed by atoms with Crippen molar-refractivity contribution < 1.29 is 13.5 Å². The first-order chi connectivity index (χ1) is 8.03. The molecule has 0 aliphatic carbocycles. The number of sulfonamides is 1. The fourth-order valence-electron chi connectivity index (χ4n) is 1.32. The van der Waals surface area contributed by atoms with E-state index in [4.69, 9.17) is 16.7 Å². The van der Waals surface area contributed by atoms with Crippen LogP contribution in [0.4, 0.5) is 0 Å². The molecule has 17 heavy (non-hydrogen) atoms. The molecule has 6 heteroatoms. The zero-order valence-corrected chi connectivity index (χ0v) is 11.0. The molecule has 0 saturated heterocycles. The first kappa shape index (κ1) is 14.4. The molecule has 0 fully saturated rings. The zero-order chi connectivity index (χ0) is 12.7. The van der Waals surface area contributed by atoms with E-state index in [0.717, 1.165) is 5.56 Å². The minimum Gasteiger partial charge on any atom is -0.396 e. The number of benzene rings is 1. The second-order valence-electron chi connectivity index (χ2n) is 3.70. The van der Waals surface area contributed by atoms with Crippen molar-refractivity contribution >= 4 is 21.6 Å². The molecule has 96 valence electrons. The molecule has 0 aromatic heterocycles. The minimum atomic E-state index is -3.27. The lowest BCUT2D eigenvalue weighted by Gasteiger charge is -2.06. The summed E-state index contributed by atoms with van der Waals surface area (Å²) in [4.78, 5) is 0. The smallest absolute Gasteiger partial charge is 0.211 e. The van der Waals surface area contributed by atoms with Crippen molar-refractivity contribution in [3.05, 3.63) is 34.9 Å². The number of rotatable bonds is 7. The van der Waals surface area contributed by atoms with Gasteiger partial charge in [-0.3, -0.25) is 0 Å². The van der Waals surface area contributed by atoms with E-state index in [0.29, 0.717) is 17.9 Å². The third kappa shape index (κ3) is 6.02. The number of aliphatic hydroxyl groups is 1. The summed E-state index contributed by atoms with van der Waals surface area (Å²) in [6, 6.07) is 7.04. The molecule has 0 heterocycles. The minimum absolute atomic E-state index is 0.0177. The lowest BCUT2D eigenvalue weighted by atomic mass is 10.2. The summed E-state index contributed by atoms with van der Waals surface area (Å²) in [5.74, 6) is 0.0358. The first-order valence-corrected chi connectivity index (χ1v) is 7.39. The van der Waals surface area contributed by atoms with Gasteiger partial charge in [-0.2, -0.15) is 0 Å². The van der Waals surface area contributed by atoms with Gasteiger partial charge in [-0.05, 0) is 30.5 Å². The average Bonchev–Trinajstić information content (AvgIpc) is 2.27. The maximum atomic E-state index is 11.5. The molecule has 0 saturated carbocycles. The number of hydrogen-bond acceptors (Lipinski definition) is 3. The largest absolute Gasteiger partial charge is 0.396 e. The highest BCUT2D eigenvalue weighted by molar-refractivity contribution is 7.89. The van der Waals surface area contributed by atoms with Crippen LogP contribution in [0.3, 0.4) is 0 Å². The summed E-state index contributed by atoms with van der Waals surface area (Å²) < 4.78 is 25.6. The van der Waals surface area contributed by atoms with E-state index in [2.05, 4.69) is 4.72 Å². The molecule has 1 aromatic carbocycles. The Morgan fingerprint density at radius 3 is 2.71 bits per heavy atom. The van der Waals surface area contributed by atoms with Gasteiger partial charge < -0.3 is 5.11 Å².